The van der Waals surface area contributed by atoms with Crippen molar-refractivity contribution < 1.29 is 4.79 Å². The summed E-state index contributed by atoms with van der Waals surface area (Å²) in [6.07, 6.45) is 4.15. The largest absolute Gasteiger partial charge is 0.378 e. The number of aromatic nitrogens is 1. The minimum absolute atomic E-state index is 0.00470. The van der Waals surface area contributed by atoms with E-state index in [1.165, 1.54) is 0 Å². The number of rotatable bonds is 5. The van der Waals surface area contributed by atoms with Gasteiger partial charge in [0.05, 0.1) is 0 Å². The predicted octanol–water partition coefficient (Wildman–Crippen LogP) is 2.86. The first kappa shape index (κ1) is 16.8. The van der Waals surface area contributed by atoms with E-state index in [4.69, 9.17) is 0 Å². The molecule has 2 aromatic rings. The van der Waals surface area contributed by atoms with Gasteiger partial charge in [-0.2, -0.15) is 0 Å². The Morgan fingerprint density at radius 2 is 2.33 bits per heavy atom. The molecule has 6 heteroatoms. The van der Waals surface area contributed by atoms with Crippen LogP contribution < -0.4 is 15.1 Å². The van der Waals surface area contributed by atoms with E-state index < -0.39 is 0 Å². The molecule has 1 atom stereocenters. The third-order valence-corrected chi connectivity index (χ3v) is 5.22. The second-order valence-corrected chi connectivity index (χ2v) is 7.30. The zero-order valence-electron chi connectivity index (χ0n) is 14.2. The molecule has 1 fully saturated rings. The van der Waals surface area contributed by atoms with Crippen LogP contribution in [0.25, 0.3) is 0 Å². The van der Waals surface area contributed by atoms with E-state index >= 15 is 0 Å². The lowest BCUT2D eigenvalue weighted by Crippen LogP contribution is -2.41. The van der Waals surface area contributed by atoms with Crippen LogP contribution in [0.1, 0.15) is 23.2 Å². The van der Waals surface area contributed by atoms with E-state index in [-0.39, 0.29) is 5.91 Å². The number of amides is 1. The number of carbonyl (C=O) groups is 1. The van der Waals surface area contributed by atoms with Gasteiger partial charge in [-0.1, -0.05) is 6.07 Å². The van der Waals surface area contributed by atoms with Crippen LogP contribution in [-0.2, 0) is 0 Å². The van der Waals surface area contributed by atoms with Gasteiger partial charge in [0, 0.05) is 56.6 Å². The summed E-state index contributed by atoms with van der Waals surface area (Å²) in [5.74, 6) is 0.480. The maximum absolute atomic E-state index is 12.4. The fourth-order valence-electron chi connectivity index (χ4n) is 3.04. The molecule has 0 radical (unpaired) electrons. The molecule has 1 aliphatic heterocycles. The van der Waals surface area contributed by atoms with Crippen LogP contribution in [0.3, 0.4) is 0 Å². The molecule has 5 nitrogen and oxygen atoms in total. The highest BCUT2D eigenvalue weighted by molar-refractivity contribution is 7.13. The second-order valence-electron chi connectivity index (χ2n) is 6.42. The summed E-state index contributed by atoms with van der Waals surface area (Å²) in [4.78, 5) is 21.1. The number of nitrogens with one attached hydrogen (secondary N) is 1. The highest BCUT2D eigenvalue weighted by Crippen LogP contribution is 2.24. The summed E-state index contributed by atoms with van der Waals surface area (Å²) in [7, 11) is 3.96. The molecule has 128 valence electrons. The highest BCUT2D eigenvalue weighted by Gasteiger charge is 2.22. The predicted molar refractivity (Wildman–Crippen MR) is 100 cm³/mol. The van der Waals surface area contributed by atoms with Crippen LogP contribution in [0.2, 0.25) is 0 Å². The zero-order chi connectivity index (χ0) is 16.9. The van der Waals surface area contributed by atoms with Gasteiger partial charge in [0.2, 0.25) is 0 Å². The van der Waals surface area contributed by atoms with Crippen molar-refractivity contribution in [2.45, 2.75) is 12.8 Å². The molecule has 1 unspecified atom stereocenters. The summed E-state index contributed by atoms with van der Waals surface area (Å²) in [5.41, 5.74) is 1.75. The van der Waals surface area contributed by atoms with E-state index in [0.29, 0.717) is 18.0 Å². The number of hydrogen-bond acceptors (Lipinski definition) is 5. The molecule has 3 rings (SSSR count). The van der Waals surface area contributed by atoms with Gasteiger partial charge >= 0.3 is 0 Å². The minimum Gasteiger partial charge on any atom is -0.378 e. The van der Waals surface area contributed by atoms with Gasteiger partial charge in [0.1, 0.15) is 0 Å². The van der Waals surface area contributed by atoms with Crippen molar-refractivity contribution in [3.63, 3.8) is 0 Å². The SMILES string of the molecule is CN(C)c1cccc(C(=O)NCC2CCCN(c3nccs3)C2)c1. The monoisotopic (exact) mass is 344 g/mol. The van der Waals surface area contributed by atoms with Crippen molar-refractivity contribution in [2.24, 2.45) is 5.92 Å². The number of carbonyl (C=O) groups excluding carboxylic acids is 1. The zero-order valence-corrected chi connectivity index (χ0v) is 15.1. The average Bonchev–Trinajstić information content (AvgIpc) is 3.15. The lowest BCUT2D eigenvalue weighted by Gasteiger charge is -2.32. The van der Waals surface area contributed by atoms with Gasteiger partial charge in [-0.3, -0.25) is 4.79 Å². The number of piperidine rings is 1. The first-order chi connectivity index (χ1) is 11.6. The fraction of sp³-hybridized carbons (Fsp3) is 0.444. The fourth-order valence-corrected chi connectivity index (χ4v) is 3.72. The molecule has 1 amide bonds. The third-order valence-electron chi connectivity index (χ3n) is 4.38. The standard InChI is InChI=1S/C18H24N4OS/c1-21(2)16-7-3-6-15(11-16)17(23)20-12-14-5-4-9-22(13-14)18-19-8-10-24-18/h3,6-8,10-11,14H,4-5,9,12-13H2,1-2H3,(H,20,23). The topological polar surface area (TPSA) is 48.5 Å². The van der Waals surface area contributed by atoms with Gasteiger partial charge in [0.15, 0.2) is 5.13 Å². The van der Waals surface area contributed by atoms with Crippen LogP contribution in [-0.4, -0.2) is 44.6 Å². The number of thiazole rings is 1. The van der Waals surface area contributed by atoms with Gasteiger partial charge in [-0.05, 0) is 37.0 Å². The Hall–Kier alpha value is -2.08. The van der Waals surface area contributed by atoms with Crippen molar-refractivity contribution in [1.29, 1.82) is 0 Å². The number of nitrogens with zero attached hydrogens (tertiary/aromatic N) is 3. The third kappa shape index (κ3) is 4.06. The van der Waals surface area contributed by atoms with E-state index in [2.05, 4.69) is 15.2 Å². The quantitative estimate of drug-likeness (QED) is 0.906. The molecular weight excluding hydrogens is 320 g/mol. The summed E-state index contributed by atoms with van der Waals surface area (Å²) in [6.45, 7) is 2.74. The Bertz CT molecular complexity index is 671. The summed E-state index contributed by atoms with van der Waals surface area (Å²) < 4.78 is 0. The molecule has 0 aliphatic carbocycles. The Morgan fingerprint density at radius 3 is 3.08 bits per heavy atom. The van der Waals surface area contributed by atoms with Crippen LogP contribution in [0.4, 0.5) is 10.8 Å². The van der Waals surface area contributed by atoms with Gasteiger partial charge < -0.3 is 15.1 Å². The van der Waals surface area contributed by atoms with E-state index in [1.807, 2.05) is 54.8 Å². The molecule has 1 aromatic heterocycles. The van der Waals surface area contributed by atoms with Crippen molar-refractivity contribution in [2.75, 3.05) is 43.5 Å². The van der Waals surface area contributed by atoms with E-state index in [9.17, 15) is 4.79 Å². The van der Waals surface area contributed by atoms with Gasteiger partial charge in [-0.25, -0.2) is 4.98 Å². The molecule has 0 bridgehead atoms. The summed E-state index contributed by atoms with van der Waals surface area (Å²) in [5, 5.41) is 6.20. The first-order valence-corrected chi connectivity index (χ1v) is 9.21. The maximum atomic E-state index is 12.4. The van der Waals surface area contributed by atoms with Crippen LogP contribution >= 0.6 is 11.3 Å². The number of hydrogen-bond donors (Lipinski definition) is 1. The van der Waals surface area contributed by atoms with Crippen LogP contribution in [0.5, 0.6) is 0 Å². The summed E-state index contributed by atoms with van der Waals surface area (Å²) in [6, 6.07) is 7.72. The summed E-state index contributed by atoms with van der Waals surface area (Å²) >= 11 is 1.68. The average molecular weight is 344 g/mol. The maximum Gasteiger partial charge on any atom is 0.251 e. The molecule has 1 saturated heterocycles. The molecule has 0 spiro atoms. The smallest absolute Gasteiger partial charge is 0.251 e. The first-order valence-electron chi connectivity index (χ1n) is 8.33. The minimum atomic E-state index is 0.00470. The Balaban J connectivity index is 1.55. The normalized spacial score (nSPS) is 17.6. The number of anilines is 2. The van der Waals surface area contributed by atoms with Crippen molar-refractivity contribution >= 4 is 28.1 Å². The van der Waals surface area contributed by atoms with E-state index in [0.717, 1.165) is 36.8 Å². The van der Waals surface area contributed by atoms with Crippen LogP contribution in [0, 0.1) is 5.92 Å². The number of benzene rings is 1. The van der Waals surface area contributed by atoms with Gasteiger partial charge in [0.25, 0.3) is 5.91 Å². The molecule has 1 aromatic carbocycles. The van der Waals surface area contributed by atoms with Crippen LogP contribution in [0.15, 0.2) is 35.8 Å². The Kier molecular flexibility index (Phi) is 5.35. The lowest BCUT2D eigenvalue weighted by molar-refractivity contribution is 0.0945. The molecule has 1 aliphatic rings. The Labute approximate surface area is 147 Å². The van der Waals surface area contributed by atoms with Gasteiger partial charge in [-0.15, -0.1) is 11.3 Å². The van der Waals surface area contributed by atoms with Crippen molar-refractivity contribution in [1.82, 2.24) is 10.3 Å². The molecule has 24 heavy (non-hydrogen) atoms. The van der Waals surface area contributed by atoms with Crippen molar-refractivity contribution in [3.8, 4) is 0 Å². The van der Waals surface area contributed by atoms with E-state index in [1.54, 1.807) is 11.3 Å². The Morgan fingerprint density at radius 1 is 1.46 bits per heavy atom. The highest BCUT2D eigenvalue weighted by atomic mass is 32.1. The second kappa shape index (κ2) is 7.66. The molecule has 1 N–H and O–H groups in total. The van der Waals surface area contributed by atoms with Crippen molar-refractivity contribution in [3.05, 3.63) is 41.4 Å². The molecular formula is C18H24N4OS. The molecule has 0 saturated carbocycles. The molecule has 2 heterocycles. The lowest BCUT2D eigenvalue weighted by atomic mass is 9.98.